The fraction of sp³-hybridized carbons (Fsp3) is 0.588. The van der Waals surface area contributed by atoms with E-state index in [2.05, 4.69) is 36.1 Å². The van der Waals surface area contributed by atoms with Crippen molar-refractivity contribution in [2.24, 2.45) is 0 Å². The summed E-state index contributed by atoms with van der Waals surface area (Å²) in [5.41, 5.74) is 2.71. The summed E-state index contributed by atoms with van der Waals surface area (Å²) in [6.45, 7) is 4.02. The quantitative estimate of drug-likeness (QED) is 0.720. The van der Waals surface area contributed by atoms with Gasteiger partial charge in [-0.05, 0) is 30.5 Å². The topological polar surface area (TPSA) is 20.3 Å². The molecule has 1 fully saturated rings. The van der Waals surface area contributed by atoms with E-state index in [0.29, 0.717) is 18.6 Å². The zero-order valence-electron chi connectivity index (χ0n) is 12.0. The van der Waals surface area contributed by atoms with Crippen LogP contribution in [-0.2, 0) is 11.2 Å². The fourth-order valence-electron chi connectivity index (χ4n) is 2.64. The number of ketones is 1. The molecular formula is C17H25NO. The van der Waals surface area contributed by atoms with Gasteiger partial charge in [-0.15, -0.1) is 0 Å². The van der Waals surface area contributed by atoms with Crippen molar-refractivity contribution in [2.75, 3.05) is 18.0 Å². The van der Waals surface area contributed by atoms with Gasteiger partial charge in [-0.1, -0.05) is 38.3 Å². The average molecular weight is 259 g/mol. The third-order valence-corrected chi connectivity index (χ3v) is 3.94. The van der Waals surface area contributed by atoms with Crippen LogP contribution in [0.1, 0.15) is 51.0 Å². The Bertz CT molecular complexity index is 386. The van der Waals surface area contributed by atoms with Gasteiger partial charge in [-0.3, -0.25) is 4.79 Å². The van der Waals surface area contributed by atoms with Crippen molar-refractivity contribution in [1.82, 2.24) is 0 Å². The lowest BCUT2D eigenvalue weighted by Gasteiger charge is -2.28. The van der Waals surface area contributed by atoms with E-state index in [1.165, 1.54) is 43.4 Å². The number of Topliss-reactive ketones (excluding diaryl/α,β-unsaturated/α-hetero) is 1. The van der Waals surface area contributed by atoms with E-state index < -0.39 is 0 Å². The van der Waals surface area contributed by atoms with Crippen LogP contribution in [0.2, 0.25) is 0 Å². The first kappa shape index (κ1) is 14.1. The highest BCUT2D eigenvalue weighted by atomic mass is 16.1. The van der Waals surface area contributed by atoms with Crippen molar-refractivity contribution in [1.29, 1.82) is 0 Å². The Morgan fingerprint density at radius 3 is 2.32 bits per heavy atom. The van der Waals surface area contributed by atoms with Gasteiger partial charge in [-0.25, -0.2) is 0 Å². The average Bonchev–Trinajstić information content (AvgIpc) is 2.45. The van der Waals surface area contributed by atoms with Crippen molar-refractivity contribution in [3.8, 4) is 0 Å². The number of anilines is 1. The van der Waals surface area contributed by atoms with Crippen LogP contribution >= 0.6 is 0 Å². The van der Waals surface area contributed by atoms with Gasteiger partial charge in [0.2, 0.25) is 0 Å². The number of carbonyl (C=O) groups is 1. The van der Waals surface area contributed by atoms with E-state index in [1.54, 1.807) is 0 Å². The predicted molar refractivity (Wildman–Crippen MR) is 80.7 cm³/mol. The number of carbonyl (C=O) groups excluding carboxylic acids is 1. The number of unbranched alkanes of at least 4 members (excludes halogenated alkanes) is 3. The molecular weight excluding hydrogens is 234 g/mol. The summed E-state index contributed by atoms with van der Waals surface area (Å²) in [4.78, 5) is 13.6. The summed E-state index contributed by atoms with van der Waals surface area (Å²) in [6.07, 6.45) is 7.89. The summed E-state index contributed by atoms with van der Waals surface area (Å²) in [5, 5.41) is 0. The van der Waals surface area contributed by atoms with Crippen LogP contribution in [-0.4, -0.2) is 18.9 Å². The molecule has 1 saturated heterocycles. The maximum absolute atomic E-state index is 11.2. The Morgan fingerprint density at radius 2 is 1.68 bits per heavy atom. The van der Waals surface area contributed by atoms with Gasteiger partial charge in [0.1, 0.15) is 5.78 Å². The van der Waals surface area contributed by atoms with Crippen LogP contribution in [0, 0.1) is 0 Å². The SMILES string of the molecule is CCCCCCc1ccc(N2CCC(=O)CC2)cc1. The molecule has 0 unspecified atom stereocenters. The molecule has 2 nitrogen and oxygen atoms in total. The first-order chi connectivity index (χ1) is 9.29. The molecule has 0 aliphatic carbocycles. The molecule has 0 spiro atoms. The molecule has 1 heterocycles. The highest BCUT2D eigenvalue weighted by molar-refractivity contribution is 5.81. The summed E-state index contributed by atoms with van der Waals surface area (Å²) in [7, 11) is 0. The summed E-state index contributed by atoms with van der Waals surface area (Å²) < 4.78 is 0. The second kappa shape index (κ2) is 7.32. The summed E-state index contributed by atoms with van der Waals surface area (Å²) in [6, 6.07) is 8.92. The normalized spacial score (nSPS) is 15.8. The molecule has 19 heavy (non-hydrogen) atoms. The van der Waals surface area contributed by atoms with Crippen molar-refractivity contribution in [2.45, 2.75) is 51.9 Å². The molecule has 0 radical (unpaired) electrons. The number of hydrogen-bond acceptors (Lipinski definition) is 2. The van der Waals surface area contributed by atoms with Gasteiger partial charge >= 0.3 is 0 Å². The molecule has 2 heteroatoms. The van der Waals surface area contributed by atoms with Crippen molar-refractivity contribution >= 4 is 11.5 Å². The van der Waals surface area contributed by atoms with Gasteiger partial charge in [0.25, 0.3) is 0 Å². The second-order valence-corrected chi connectivity index (χ2v) is 5.50. The predicted octanol–water partition coefficient (Wildman–Crippen LogP) is 3.98. The third-order valence-electron chi connectivity index (χ3n) is 3.94. The Balaban J connectivity index is 1.82. The van der Waals surface area contributed by atoms with E-state index in [0.717, 1.165) is 13.1 Å². The molecule has 0 bridgehead atoms. The first-order valence-electron chi connectivity index (χ1n) is 7.65. The van der Waals surface area contributed by atoms with Crippen LogP contribution < -0.4 is 4.90 Å². The minimum absolute atomic E-state index is 0.406. The molecule has 1 aliphatic rings. The highest BCUT2D eigenvalue weighted by Crippen LogP contribution is 2.20. The molecule has 0 saturated carbocycles. The molecule has 0 aromatic heterocycles. The molecule has 1 aliphatic heterocycles. The minimum Gasteiger partial charge on any atom is -0.371 e. The molecule has 104 valence electrons. The van der Waals surface area contributed by atoms with Crippen molar-refractivity contribution in [3.05, 3.63) is 29.8 Å². The van der Waals surface area contributed by atoms with Gasteiger partial charge in [0.15, 0.2) is 0 Å². The number of aryl methyl sites for hydroxylation is 1. The molecule has 1 aromatic rings. The number of nitrogens with zero attached hydrogens (tertiary/aromatic N) is 1. The lowest BCUT2D eigenvalue weighted by Crippen LogP contribution is -2.33. The highest BCUT2D eigenvalue weighted by Gasteiger charge is 2.15. The summed E-state index contributed by atoms with van der Waals surface area (Å²) >= 11 is 0. The zero-order chi connectivity index (χ0) is 13.5. The lowest BCUT2D eigenvalue weighted by molar-refractivity contribution is -0.119. The van der Waals surface area contributed by atoms with E-state index in [4.69, 9.17) is 0 Å². The zero-order valence-corrected chi connectivity index (χ0v) is 12.0. The molecule has 1 aromatic carbocycles. The Labute approximate surface area is 116 Å². The number of hydrogen-bond donors (Lipinski definition) is 0. The fourth-order valence-corrected chi connectivity index (χ4v) is 2.64. The molecule has 2 rings (SSSR count). The minimum atomic E-state index is 0.406. The standard InChI is InChI=1S/C17H25NO/c1-2-3-4-5-6-15-7-9-16(10-8-15)18-13-11-17(19)12-14-18/h7-10H,2-6,11-14H2,1H3. The molecule has 0 amide bonds. The van der Waals surface area contributed by atoms with Gasteiger partial charge in [-0.2, -0.15) is 0 Å². The number of benzene rings is 1. The molecule has 0 atom stereocenters. The second-order valence-electron chi connectivity index (χ2n) is 5.50. The van der Waals surface area contributed by atoms with Crippen molar-refractivity contribution < 1.29 is 4.79 Å². The summed E-state index contributed by atoms with van der Waals surface area (Å²) in [5.74, 6) is 0.406. The van der Waals surface area contributed by atoms with Crippen LogP contribution in [0.15, 0.2) is 24.3 Å². The maximum atomic E-state index is 11.2. The van der Waals surface area contributed by atoms with E-state index >= 15 is 0 Å². The monoisotopic (exact) mass is 259 g/mol. The van der Waals surface area contributed by atoms with Gasteiger partial charge in [0.05, 0.1) is 0 Å². The van der Waals surface area contributed by atoms with E-state index in [9.17, 15) is 4.79 Å². The van der Waals surface area contributed by atoms with Crippen LogP contribution in [0.4, 0.5) is 5.69 Å². The van der Waals surface area contributed by atoms with E-state index in [-0.39, 0.29) is 0 Å². The smallest absolute Gasteiger partial charge is 0.136 e. The number of piperidine rings is 1. The Kier molecular flexibility index (Phi) is 5.44. The Morgan fingerprint density at radius 1 is 1.00 bits per heavy atom. The molecule has 0 N–H and O–H groups in total. The van der Waals surface area contributed by atoms with E-state index in [1.807, 2.05) is 0 Å². The van der Waals surface area contributed by atoms with Crippen LogP contribution in [0.5, 0.6) is 0 Å². The number of rotatable bonds is 6. The maximum Gasteiger partial charge on any atom is 0.136 e. The lowest BCUT2D eigenvalue weighted by atomic mass is 10.0. The van der Waals surface area contributed by atoms with Gasteiger partial charge in [0, 0.05) is 31.6 Å². The van der Waals surface area contributed by atoms with Gasteiger partial charge < -0.3 is 4.90 Å². The largest absolute Gasteiger partial charge is 0.371 e. The Hall–Kier alpha value is -1.31. The van der Waals surface area contributed by atoms with Crippen LogP contribution in [0.3, 0.4) is 0 Å². The van der Waals surface area contributed by atoms with Crippen molar-refractivity contribution in [3.63, 3.8) is 0 Å². The van der Waals surface area contributed by atoms with Crippen LogP contribution in [0.25, 0.3) is 0 Å². The third kappa shape index (κ3) is 4.38. The first-order valence-corrected chi connectivity index (χ1v) is 7.65.